The van der Waals surface area contributed by atoms with E-state index in [2.05, 4.69) is 19.4 Å². The van der Waals surface area contributed by atoms with E-state index in [1.807, 2.05) is 36.8 Å². The third-order valence-electron chi connectivity index (χ3n) is 4.27. The van der Waals surface area contributed by atoms with E-state index in [-0.39, 0.29) is 6.04 Å². The Kier molecular flexibility index (Phi) is 4.40. The Hall–Kier alpha value is -2.44. The summed E-state index contributed by atoms with van der Waals surface area (Å²) < 4.78 is 13.3. The maximum absolute atomic E-state index is 5.91. The van der Waals surface area contributed by atoms with E-state index in [1.165, 1.54) is 11.3 Å². The summed E-state index contributed by atoms with van der Waals surface area (Å²) in [7, 11) is 0. The van der Waals surface area contributed by atoms with Gasteiger partial charge in [0.05, 0.1) is 49.5 Å². The molecular weight excluding hydrogens is 304 g/mol. The molecule has 0 bridgehead atoms. The number of hydrogen-bond donors (Lipinski definition) is 0. The fourth-order valence-corrected chi connectivity index (χ4v) is 3.14. The van der Waals surface area contributed by atoms with Gasteiger partial charge >= 0.3 is 0 Å². The second-order valence-corrected chi connectivity index (χ2v) is 6.08. The Morgan fingerprint density at radius 1 is 1.29 bits per heavy atom. The summed E-state index contributed by atoms with van der Waals surface area (Å²) in [6, 6.07) is 8.14. The molecule has 6 heteroatoms. The highest BCUT2D eigenvalue weighted by Crippen LogP contribution is 2.23. The van der Waals surface area contributed by atoms with Gasteiger partial charge < -0.3 is 13.7 Å². The van der Waals surface area contributed by atoms with Crippen LogP contribution < -0.4 is 0 Å². The van der Waals surface area contributed by atoms with E-state index < -0.39 is 0 Å². The van der Waals surface area contributed by atoms with Crippen molar-refractivity contribution in [3.05, 3.63) is 72.5 Å². The van der Waals surface area contributed by atoms with Crippen molar-refractivity contribution in [3.8, 4) is 0 Å². The molecule has 6 nitrogen and oxygen atoms in total. The Labute approximate surface area is 140 Å². The molecule has 0 spiro atoms. The summed E-state index contributed by atoms with van der Waals surface area (Å²) in [5.74, 6) is 0. The zero-order valence-corrected chi connectivity index (χ0v) is 13.4. The highest BCUT2D eigenvalue weighted by Gasteiger charge is 2.25. The quantitative estimate of drug-likeness (QED) is 0.698. The lowest BCUT2D eigenvalue weighted by atomic mass is 10.1. The Morgan fingerprint density at radius 3 is 3.12 bits per heavy atom. The number of aromatic nitrogens is 3. The lowest BCUT2D eigenvalue weighted by molar-refractivity contribution is 0.0573. The summed E-state index contributed by atoms with van der Waals surface area (Å²) in [5, 5.41) is 0. The standard InChI is InChI=1S/C18H20N4O2/c1-2-5-20-16(3-1)12-24-13-18-10-21(8-15-4-6-23-11-15)9-17-7-19-14-22(17)18/h1-7,11,14,18H,8-10,12-13H2. The molecule has 1 atom stereocenters. The van der Waals surface area contributed by atoms with Crippen molar-refractivity contribution in [1.29, 1.82) is 0 Å². The average Bonchev–Trinajstić information content (AvgIpc) is 3.27. The minimum Gasteiger partial charge on any atom is -0.472 e. The minimum atomic E-state index is 0.256. The molecule has 0 aromatic carbocycles. The second kappa shape index (κ2) is 6.98. The van der Waals surface area contributed by atoms with Crippen molar-refractivity contribution in [2.75, 3.05) is 13.2 Å². The van der Waals surface area contributed by atoms with Crippen LogP contribution in [0.1, 0.15) is 23.0 Å². The molecule has 1 aliphatic heterocycles. The van der Waals surface area contributed by atoms with Gasteiger partial charge in [-0.15, -0.1) is 0 Å². The predicted octanol–water partition coefficient (Wildman–Crippen LogP) is 2.64. The molecule has 1 unspecified atom stereocenters. The van der Waals surface area contributed by atoms with Gasteiger partial charge in [0.15, 0.2) is 0 Å². The van der Waals surface area contributed by atoms with E-state index in [0.29, 0.717) is 13.2 Å². The van der Waals surface area contributed by atoms with Crippen LogP contribution in [0.2, 0.25) is 0 Å². The molecule has 3 aromatic rings. The van der Waals surface area contributed by atoms with E-state index >= 15 is 0 Å². The number of fused-ring (bicyclic) bond motifs is 1. The van der Waals surface area contributed by atoms with Gasteiger partial charge in [-0.2, -0.15) is 0 Å². The van der Waals surface area contributed by atoms with E-state index in [4.69, 9.17) is 9.15 Å². The Morgan fingerprint density at radius 2 is 2.29 bits per heavy atom. The Balaban J connectivity index is 1.40. The smallest absolute Gasteiger partial charge is 0.0952 e. The molecule has 0 fully saturated rings. The number of ether oxygens (including phenoxy) is 1. The molecule has 24 heavy (non-hydrogen) atoms. The van der Waals surface area contributed by atoms with Crippen LogP contribution in [0.25, 0.3) is 0 Å². The van der Waals surface area contributed by atoms with Crippen LogP contribution in [-0.4, -0.2) is 32.6 Å². The molecule has 0 radical (unpaired) electrons. The topological polar surface area (TPSA) is 56.3 Å². The molecule has 0 saturated carbocycles. The molecule has 3 aromatic heterocycles. The lowest BCUT2D eigenvalue weighted by Gasteiger charge is -2.34. The predicted molar refractivity (Wildman–Crippen MR) is 88.0 cm³/mol. The SMILES string of the molecule is c1ccc(COCC2CN(Cc3ccoc3)Cc3cncn32)nc1. The van der Waals surface area contributed by atoms with Crippen molar-refractivity contribution in [3.63, 3.8) is 0 Å². The van der Waals surface area contributed by atoms with E-state index in [0.717, 1.165) is 25.3 Å². The third-order valence-corrected chi connectivity index (χ3v) is 4.27. The number of hydrogen-bond acceptors (Lipinski definition) is 5. The van der Waals surface area contributed by atoms with Crippen LogP contribution in [0.15, 0.2) is 59.9 Å². The number of imidazole rings is 1. The second-order valence-electron chi connectivity index (χ2n) is 6.08. The van der Waals surface area contributed by atoms with Crippen molar-refractivity contribution in [1.82, 2.24) is 19.4 Å². The van der Waals surface area contributed by atoms with Crippen LogP contribution in [0, 0.1) is 0 Å². The van der Waals surface area contributed by atoms with Crippen LogP contribution >= 0.6 is 0 Å². The number of nitrogens with zero attached hydrogens (tertiary/aromatic N) is 4. The summed E-state index contributed by atoms with van der Waals surface area (Å²) in [4.78, 5) is 11.0. The number of furan rings is 1. The largest absolute Gasteiger partial charge is 0.472 e. The highest BCUT2D eigenvalue weighted by molar-refractivity contribution is 5.09. The van der Waals surface area contributed by atoms with Crippen LogP contribution in [0.5, 0.6) is 0 Å². The molecule has 1 aliphatic rings. The lowest BCUT2D eigenvalue weighted by Crippen LogP contribution is -2.38. The van der Waals surface area contributed by atoms with Gasteiger partial charge in [0.1, 0.15) is 0 Å². The Bertz CT molecular complexity index is 754. The van der Waals surface area contributed by atoms with Crippen LogP contribution in [0.4, 0.5) is 0 Å². The van der Waals surface area contributed by atoms with Gasteiger partial charge in [-0.1, -0.05) is 6.07 Å². The fourth-order valence-electron chi connectivity index (χ4n) is 3.14. The molecule has 124 valence electrons. The first-order valence-electron chi connectivity index (χ1n) is 8.10. The highest BCUT2D eigenvalue weighted by atomic mass is 16.5. The van der Waals surface area contributed by atoms with Crippen LogP contribution in [0.3, 0.4) is 0 Å². The zero-order chi connectivity index (χ0) is 16.2. The van der Waals surface area contributed by atoms with Crippen molar-refractivity contribution in [2.24, 2.45) is 0 Å². The first kappa shape index (κ1) is 15.1. The first-order chi connectivity index (χ1) is 11.9. The third kappa shape index (κ3) is 3.39. The summed E-state index contributed by atoms with van der Waals surface area (Å²) in [5.41, 5.74) is 3.36. The van der Waals surface area contributed by atoms with E-state index in [1.54, 1.807) is 18.7 Å². The maximum Gasteiger partial charge on any atom is 0.0952 e. The maximum atomic E-state index is 5.91. The van der Waals surface area contributed by atoms with Gasteiger partial charge in [-0.05, 0) is 18.2 Å². The molecule has 4 heterocycles. The van der Waals surface area contributed by atoms with Gasteiger partial charge in [0.25, 0.3) is 0 Å². The monoisotopic (exact) mass is 324 g/mol. The molecule has 4 rings (SSSR count). The molecule has 0 aliphatic carbocycles. The first-order valence-corrected chi connectivity index (χ1v) is 8.10. The van der Waals surface area contributed by atoms with Gasteiger partial charge in [-0.25, -0.2) is 4.98 Å². The normalized spacial score (nSPS) is 17.8. The van der Waals surface area contributed by atoms with E-state index in [9.17, 15) is 0 Å². The summed E-state index contributed by atoms with van der Waals surface area (Å²) in [6.07, 6.45) is 9.15. The average molecular weight is 324 g/mol. The van der Waals surface area contributed by atoms with Crippen molar-refractivity contribution >= 4 is 0 Å². The fraction of sp³-hybridized carbons (Fsp3) is 0.333. The van der Waals surface area contributed by atoms with Crippen molar-refractivity contribution in [2.45, 2.75) is 25.7 Å². The van der Waals surface area contributed by atoms with Gasteiger partial charge in [0, 0.05) is 37.6 Å². The molecule has 0 amide bonds. The molecule has 0 saturated heterocycles. The zero-order valence-electron chi connectivity index (χ0n) is 13.4. The van der Waals surface area contributed by atoms with Gasteiger partial charge in [0.2, 0.25) is 0 Å². The summed E-state index contributed by atoms with van der Waals surface area (Å²) in [6.45, 7) is 3.86. The van der Waals surface area contributed by atoms with Gasteiger partial charge in [-0.3, -0.25) is 9.88 Å². The number of rotatable bonds is 6. The molecule has 0 N–H and O–H groups in total. The molecular formula is C18H20N4O2. The summed E-state index contributed by atoms with van der Waals surface area (Å²) >= 11 is 0. The minimum absolute atomic E-state index is 0.256. The van der Waals surface area contributed by atoms with Crippen molar-refractivity contribution < 1.29 is 9.15 Å². The van der Waals surface area contributed by atoms with Crippen LogP contribution in [-0.2, 0) is 24.4 Å². The number of pyridine rings is 1.